The average Bonchev–Trinajstić information content (AvgIpc) is 2.65. The van der Waals surface area contributed by atoms with Crippen LogP contribution < -0.4 is 11.2 Å². The minimum atomic E-state index is -1.38. The van der Waals surface area contributed by atoms with Gasteiger partial charge in [-0.2, -0.15) is 0 Å². The number of rotatable bonds is 3. The maximum atomic E-state index is 14.5. The number of hydrogen-bond acceptors (Lipinski definition) is 3. The molecule has 0 spiro atoms. The Labute approximate surface area is 120 Å². The van der Waals surface area contributed by atoms with Crippen molar-refractivity contribution in [1.29, 1.82) is 0 Å². The van der Waals surface area contributed by atoms with Crippen LogP contribution in [0.2, 0.25) is 0 Å². The molecule has 0 bridgehead atoms. The summed E-state index contributed by atoms with van der Waals surface area (Å²) < 4.78 is 21.3. The molecule has 2 heterocycles. The van der Waals surface area contributed by atoms with Gasteiger partial charge in [0.2, 0.25) is 0 Å². The van der Waals surface area contributed by atoms with E-state index in [2.05, 4.69) is 4.98 Å². The Kier molecular flexibility index (Phi) is 4.15. The van der Waals surface area contributed by atoms with Crippen molar-refractivity contribution >= 4 is 11.6 Å². The van der Waals surface area contributed by atoms with Gasteiger partial charge >= 0.3 is 5.69 Å². The second kappa shape index (κ2) is 5.54. The number of H-pyrrole nitrogens is 1. The van der Waals surface area contributed by atoms with Crippen LogP contribution in [0.15, 0.2) is 33.5 Å². The number of aromatic nitrogens is 2. The fourth-order valence-electron chi connectivity index (χ4n) is 2.57. The molecule has 1 aliphatic rings. The van der Waals surface area contributed by atoms with Crippen LogP contribution >= 0.6 is 11.6 Å². The molecule has 1 N–H and O–H groups in total. The first kappa shape index (κ1) is 15.0. The minimum absolute atomic E-state index is 0.466. The van der Waals surface area contributed by atoms with E-state index in [0.717, 1.165) is 10.6 Å². The Bertz CT molecular complexity index is 627. The number of hydrogen-bond donors (Lipinski definition) is 1. The minimum Gasteiger partial charge on any atom is -0.344 e. The van der Waals surface area contributed by atoms with E-state index in [-0.39, 0.29) is 0 Å². The van der Waals surface area contributed by atoms with Crippen molar-refractivity contribution in [2.24, 2.45) is 5.92 Å². The Balaban J connectivity index is 2.45. The molecule has 1 aromatic heterocycles. The maximum absolute atomic E-state index is 14.5. The van der Waals surface area contributed by atoms with Crippen LogP contribution in [0, 0.1) is 5.92 Å². The molecule has 1 fully saturated rings. The van der Waals surface area contributed by atoms with Crippen LogP contribution in [0.25, 0.3) is 0 Å². The molecule has 5 nitrogen and oxygen atoms in total. The fourth-order valence-corrected chi connectivity index (χ4v) is 2.79. The molecule has 4 atom stereocenters. The van der Waals surface area contributed by atoms with Gasteiger partial charge in [-0.25, -0.2) is 9.18 Å². The number of nitrogens with zero attached hydrogens (tertiary/aromatic N) is 1. The van der Waals surface area contributed by atoms with E-state index in [0.29, 0.717) is 6.42 Å². The van der Waals surface area contributed by atoms with Gasteiger partial charge in [0, 0.05) is 23.7 Å². The summed E-state index contributed by atoms with van der Waals surface area (Å²) in [5.74, 6) is -0.466. The van der Waals surface area contributed by atoms with Crippen molar-refractivity contribution < 1.29 is 9.13 Å². The van der Waals surface area contributed by atoms with E-state index in [1.165, 1.54) is 11.7 Å². The summed E-state index contributed by atoms with van der Waals surface area (Å²) >= 11 is 5.61. The number of halogens is 2. The summed E-state index contributed by atoms with van der Waals surface area (Å²) in [5, 5.41) is 0. The van der Waals surface area contributed by atoms with Crippen molar-refractivity contribution in [2.75, 3.05) is 0 Å². The van der Waals surface area contributed by atoms with E-state index in [1.807, 2.05) is 6.92 Å². The van der Waals surface area contributed by atoms with Gasteiger partial charge in [-0.05, 0) is 12.5 Å². The van der Waals surface area contributed by atoms with Crippen LogP contribution in [0.5, 0.6) is 0 Å². The normalized spacial score (nSPS) is 33.9. The van der Waals surface area contributed by atoms with E-state index >= 15 is 0 Å². The second-order valence-electron chi connectivity index (χ2n) is 4.86. The largest absolute Gasteiger partial charge is 0.344 e. The Morgan fingerprint density at radius 1 is 1.60 bits per heavy atom. The third-order valence-corrected chi connectivity index (χ3v) is 4.01. The van der Waals surface area contributed by atoms with Gasteiger partial charge in [0.25, 0.3) is 5.56 Å². The molecule has 1 aliphatic heterocycles. The predicted octanol–water partition coefficient (Wildman–Crippen LogP) is 1.94. The number of ether oxygens (including phenoxy) is 1. The van der Waals surface area contributed by atoms with Gasteiger partial charge in [-0.3, -0.25) is 14.3 Å². The molecule has 0 amide bonds. The van der Waals surface area contributed by atoms with Gasteiger partial charge in [0.05, 0.1) is 5.60 Å². The summed E-state index contributed by atoms with van der Waals surface area (Å²) in [7, 11) is 0. The summed E-state index contributed by atoms with van der Waals surface area (Å²) in [5.41, 5.74) is -0.791. The molecule has 0 unspecified atom stereocenters. The van der Waals surface area contributed by atoms with Crippen LogP contribution in [0.1, 0.15) is 26.5 Å². The predicted molar refractivity (Wildman–Crippen MR) is 73.5 cm³/mol. The second-order valence-corrected chi connectivity index (χ2v) is 5.11. The van der Waals surface area contributed by atoms with Gasteiger partial charge in [0.15, 0.2) is 12.4 Å². The smallest absolute Gasteiger partial charge is 0.330 e. The van der Waals surface area contributed by atoms with E-state index in [9.17, 15) is 14.0 Å². The summed E-state index contributed by atoms with van der Waals surface area (Å²) in [6.45, 7) is 3.57. The molecule has 2 rings (SSSR count). The standard InChI is InChI=1S/C13H16ClFN2O3/c1-3-13(5-6-14)8(2)10(15)11(20-13)17-7-4-9(18)16-12(17)19/h4-8,10-11H,3H2,1-2H3,(H,16,18,19)/t8-,10+,11+,13-/m0/s1. The number of nitrogens with one attached hydrogen (secondary N) is 1. The van der Waals surface area contributed by atoms with Gasteiger partial charge in [-0.1, -0.05) is 25.4 Å². The molecule has 7 heteroatoms. The molecule has 0 aliphatic carbocycles. The van der Waals surface area contributed by atoms with E-state index in [4.69, 9.17) is 16.3 Å². The molecule has 1 aromatic rings. The fraction of sp³-hybridized carbons (Fsp3) is 0.538. The van der Waals surface area contributed by atoms with E-state index in [1.54, 1.807) is 13.0 Å². The highest BCUT2D eigenvalue weighted by Crippen LogP contribution is 2.45. The Morgan fingerprint density at radius 3 is 2.85 bits per heavy atom. The van der Waals surface area contributed by atoms with Crippen molar-refractivity contribution in [3.05, 3.63) is 44.7 Å². The molecule has 20 heavy (non-hydrogen) atoms. The monoisotopic (exact) mass is 302 g/mol. The molecule has 110 valence electrons. The lowest BCUT2D eigenvalue weighted by molar-refractivity contribution is -0.0641. The van der Waals surface area contributed by atoms with Crippen LogP contribution in [-0.2, 0) is 4.74 Å². The van der Waals surface area contributed by atoms with Crippen LogP contribution in [0.3, 0.4) is 0 Å². The summed E-state index contributed by atoms with van der Waals surface area (Å²) in [6, 6.07) is 1.16. The van der Waals surface area contributed by atoms with Crippen molar-refractivity contribution in [3.63, 3.8) is 0 Å². The van der Waals surface area contributed by atoms with Crippen LogP contribution in [0.4, 0.5) is 4.39 Å². The first-order valence-corrected chi connectivity index (χ1v) is 6.80. The topological polar surface area (TPSA) is 64.1 Å². The Morgan fingerprint density at radius 2 is 2.30 bits per heavy atom. The third kappa shape index (κ3) is 2.33. The van der Waals surface area contributed by atoms with Crippen molar-refractivity contribution in [1.82, 2.24) is 9.55 Å². The SMILES string of the molecule is CC[C@@]1(C=CCl)O[C@@H](n2ccc(=O)[nH]c2=O)[C@H](F)[C@@H]1C. The highest BCUT2D eigenvalue weighted by atomic mass is 35.5. The summed E-state index contributed by atoms with van der Waals surface area (Å²) in [6.07, 6.45) is 0.893. The van der Waals surface area contributed by atoms with E-state index < -0.39 is 35.2 Å². The zero-order chi connectivity index (χ0) is 14.9. The molecule has 0 radical (unpaired) electrons. The maximum Gasteiger partial charge on any atom is 0.330 e. The Hall–Kier alpha value is -1.40. The number of aromatic amines is 1. The average molecular weight is 303 g/mol. The van der Waals surface area contributed by atoms with Crippen molar-refractivity contribution in [3.8, 4) is 0 Å². The van der Waals surface area contributed by atoms with Crippen molar-refractivity contribution in [2.45, 2.75) is 38.3 Å². The molecular weight excluding hydrogens is 287 g/mol. The zero-order valence-electron chi connectivity index (χ0n) is 11.2. The summed E-state index contributed by atoms with van der Waals surface area (Å²) in [4.78, 5) is 24.9. The third-order valence-electron chi connectivity index (χ3n) is 3.88. The first-order chi connectivity index (χ1) is 9.45. The molecule has 1 saturated heterocycles. The molecule has 0 aromatic carbocycles. The highest BCUT2D eigenvalue weighted by Gasteiger charge is 2.51. The quantitative estimate of drug-likeness (QED) is 0.928. The lowest BCUT2D eigenvalue weighted by Gasteiger charge is -2.27. The van der Waals surface area contributed by atoms with Crippen LogP contribution in [-0.4, -0.2) is 21.3 Å². The molecular formula is C13H16ClFN2O3. The lowest BCUT2D eigenvalue weighted by Crippen LogP contribution is -2.34. The highest BCUT2D eigenvalue weighted by molar-refractivity contribution is 6.25. The van der Waals surface area contributed by atoms with Gasteiger partial charge < -0.3 is 4.74 Å². The number of alkyl halides is 1. The molecule has 0 saturated carbocycles. The van der Waals surface area contributed by atoms with Gasteiger partial charge in [-0.15, -0.1) is 0 Å². The zero-order valence-corrected chi connectivity index (χ0v) is 11.9. The lowest BCUT2D eigenvalue weighted by atomic mass is 9.85. The van der Waals surface area contributed by atoms with Gasteiger partial charge in [0.1, 0.15) is 0 Å². The first-order valence-electron chi connectivity index (χ1n) is 6.36.